The molecular weight excluding hydrogens is 379 g/mol. The van der Waals surface area contributed by atoms with Crippen LogP contribution in [0.5, 0.6) is 0 Å². The predicted molar refractivity (Wildman–Crippen MR) is 110 cm³/mol. The van der Waals surface area contributed by atoms with E-state index < -0.39 is 27.8 Å². The molecule has 5 nitrogen and oxygen atoms in total. The van der Waals surface area contributed by atoms with Gasteiger partial charge in [0.1, 0.15) is 11.9 Å². The summed E-state index contributed by atoms with van der Waals surface area (Å²) in [6, 6.07) is 9.82. The first-order chi connectivity index (χ1) is 13.0. The number of anilines is 1. The van der Waals surface area contributed by atoms with E-state index in [1.165, 1.54) is 31.2 Å². The van der Waals surface area contributed by atoms with Crippen LogP contribution in [0.2, 0.25) is 0 Å². The van der Waals surface area contributed by atoms with Crippen LogP contribution in [0.25, 0.3) is 0 Å². The molecule has 7 heteroatoms. The summed E-state index contributed by atoms with van der Waals surface area (Å²) in [5.74, 6) is -0.894. The summed E-state index contributed by atoms with van der Waals surface area (Å²) in [5, 5.41) is 2.94. The van der Waals surface area contributed by atoms with Crippen molar-refractivity contribution in [2.24, 2.45) is 0 Å². The molecule has 0 heterocycles. The Kier molecular flexibility index (Phi) is 6.82. The SMILES string of the molecule is CC[C@H](NC(=O)[C@H](C)N(c1ccc(F)cc1)S(C)(=O)=O)c1ccc(C)c(C)c1. The van der Waals surface area contributed by atoms with Gasteiger partial charge in [0.05, 0.1) is 18.0 Å². The molecule has 0 bridgehead atoms. The van der Waals surface area contributed by atoms with E-state index in [-0.39, 0.29) is 11.7 Å². The molecule has 0 unspecified atom stereocenters. The summed E-state index contributed by atoms with van der Waals surface area (Å²) in [6.07, 6.45) is 1.69. The Morgan fingerprint density at radius 3 is 2.21 bits per heavy atom. The number of rotatable bonds is 7. The molecule has 0 spiro atoms. The zero-order valence-corrected chi connectivity index (χ0v) is 17.7. The van der Waals surface area contributed by atoms with E-state index in [4.69, 9.17) is 0 Å². The third-order valence-electron chi connectivity index (χ3n) is 4.83. The van der Waals surface area contributed by atoms with Gasteiger partial charge in [-0.15, -0.1) is 0 Å². The van der Waals surface area contributed by atoms with Crippen LogP contribution in [0.3, 0.4) is 0 Å². The van der Waals surface area contributed by atoms with Crippen molar-refractivity contribution in [1.82, 2.24) is 5.32 Å². The van der Waals surface area contributed by atoms with Crippen molar-refractivity contribution in [3.8, 4) is 0 Å². The Morgan fingerprint density at radius 2 is 1.71 bits per heavy atom. The fraction of sp³-hybridized carbons (Fsp3) is 0.381. The van der Waals surface area contributed by atoms with Crippen LogP contribution in [0.15, 0.2) is 42.5 Å². The molecule has 0 fully saturated rings. The maximum absolute atomic E-state index is 13.2. The lowest BCUT2D eigenvalue weighted by Crippen LogP contribution is -2.48. The van der Waals surface area contributed by atoms with Crippen LogP contribution in [0, 0.1) is 19.7 Å². The number of nitrogens with zero attached hydrogens (tertiary/aromatic N) is 1. The molecule has 0 saturated carbocycles. The number of sulfonamides is 1. The van der Waals surface area contributed by atoms with Gasteiger partial charge in [0.2, 0.25) is 15.9 Å². The Balaban J connectivity index is 2.28. The number of hydrogen-bond donors (Lipinski definition) is 1. The number of benzene rings is 2. The maximum Gasteiger partial charge on any atom is 0.244 e. The van der Waals surface area contributed by atoms with Crippen molar-refractivity contribution in [2.45, 2.75) is 46.2 Å². The molecule has 2 aromatic rings. The molecule has 0 aromatic heterocycles. The summed E-state index contributed by atoms with van der Waals surface area (Å²) in [5.41, 5.74) is 3.50. The molecule has 0 radical (unpaired) electrons. The first kappa shape index (κ1) is 21.9. The van der Waals surface area contributed by atoms with Crippen LogP contribution in [0.1, 0.15) is 43.0 Å². The third kappa shape index (κ3) is 5.10. The Hall–Kier alpha value is -2.41. The van der Waals surface area contributed by atoms with E-state index >= 15 is 0 Å². The predicted octanol–water partition coefficient (Wildman–Crippen LogP) is 3.86. The molecule has 2 atom stereocenters. The minimum Gasteiger partial charge on any atom is -0.347 e. The minimum atomic E-state index is -3.74. The first-order valence-electron chi connectivity index (χ1n) is 9.17. The average molecular weight is 407 g/mol. The quantitative estimate of drug-likeness (QED) is 0.759. The van der Waals surface area contributed by atoms with E-state index in [1.54, 1.807) is 0 Å². The first-order valence-corrected chi connectivity index (χ1v) is 11.0. The molecule has 1 amide bonds. The van der Waals surface area contributed by atoms with Gasteiger partial charge in [0.15, 0.2) is 0 Å². The van der Waals surface area contributed by atoms with Crippen molar-refractivity contribution < 1.29 is 17.6 Å². The summed E-state index contributed by atoms with van der Waals surface area (Å²) in [6.45, 7) is 7.51. The summed E-state index contributed by atoms with van der Waals surface area (Å²) < 4.78 is 38.9. The Bertz CT molecular complexity index is 943. The standard InChI is InChI=1S/C21H27FN2O3S/c1-6-20(17-8-7-14(2)15(3)13-17)23-21(25)16(4)24(28(5,26)27)19-11-9-18(22)10-12-19/h7-13,16,20H,6H2,1-5H3,(H,23,25)/t16-,20-/m0/s1. The highest BCUT2D eigenvalue weighted by Crippen LogP contribution is 2.23. The average Bonchev–Trinajstić information content (AvgIpc) is 2.62. The highest BCUT2D eigenvalue weighted by atomic mass is 32.2. The smallest absolute Gasteiger partial charge is 0.244 e. The molecule has 0 aliphatic heterocycles. The second-order valence-corrected chi connectivity index (χ2v) is 8.88. The van der Waals surface area contributed by atoms with Crippen LogP contribution in [0.4, 0.5) is 10.1 Å². The summed E-state index contributed by atoms with van der Waals surface area (Å²) in [7, 11) is -3.74. The van der Waals surface area contributed by atoms with Gasteiger partial charge < -0.3 is 5.32 Å². The minimum absolute atomic E-state index is 0.233. The van der Waals surface area contributed by atoms with Gasteiger partial charge in [-0.3, -0.25) is 9.10 Å². The lowest BCUT2D eigenvalue weighted by atomic mass is 9.99. The fourth-order valence-electron chi connectivity index (χ4n) is 3.09. The lowest BCUT2D eigenvalue weighted by molar-refractivity contribution is -0.122. The monoisotopic (exact) mass is 406 g/mol. The van der Waals surface area contributed by atoms with Crippen molar-refractivity contribution in [1.29, 1.82) is 0 Å². The normalized spacial score (nSPS) is 13.6. The van der Waals surface area contributed by atoms with Crippen molar-refractivity contribution in [3.63, 3.8) is 0 Å². The Labute approximate surface area is 166 Å². The molecule has 28 heavy (non-hydrogen) atoms. The highest BCUT2D eigenvalue weighted by Gasteiger charge is 2.30. The van der Waals surface area contributed by atoms with E-state index in [9.17, 15) is 17.6 Å². The van der Waals surface area contributed by atoms with E-state index in [1.807, 2.05) is 39.0 Å². The van der Waals surface area contributed by atoms with Gasteiger partial charge in [-0.2, -0.15) is 0 Å². The summed E-state index contributed by atoms with van der Waals surface area (Å²) in [4.78, 5) is 12.9. The van der Waals surface area contributed by atoms with Crippen molar-refractivity contribution in [2.75, 3.05) is 10.6 Å². The number of amides is 1. The van der Waals surface area contributed by atoms with Crippen LogP contribution < -0.4 is 9.62 Å². The van der Waals surface area contributed by atoms with Gasteiger partial charge in [-0.25, -0.2) is 12.8 Å². The molecule has 0 saturated heterocycles. The van der Waals surface area contributed by atoms with Crippen LogP contribution in [-0.2, 0) is 14.8 Å². The zero-order valence-electron chi connectivity index (χ0n) is 16.9. The van der Waals surface area contributed by atoms with Crippen molar-refractivity contribution in [3.05, 3.63) is 65.0 Å². The van der Waals surface area contributed by atoms with E-state index in [2.05, 4.69) is 5.32 Å². The molecule has 152 valence electrons. The van der Waals surface area contributed by atoms with Crippen molar-refractivity contribution >= 4 is 21.6 Å². The molecule has 0 aliphatic carbocycles. The number of carbonyl (C=O) groups excluding carboxylic acids is 1. The van der Waals surface area contributed by atoms with Gasteiger partial charge in [0, 0.05) is 0 Å². The molecule has 0 aliphatic rings. The molecule has 2 aromatic carbocycles. The lowest BCUT2D eigenvalue weighted by Gasteiger charge is -2.30. The van der Waals surface area contributed by atoms with Crippen LogP contribution in [-0.4, -0.2) is 26.6 Å². The third-order valence-corrected chi connectivity index (χ3v) is 6.07. The van der Waals surface area contributed by atoms with E-state index in [0.717, 1.165) is 27.3 Å². The van der Waals surface area contributed by atoms with Gasteiger partial charge in [-0.1, -0.05) is 25.1 Å². The molecule has 2 rings (SSSR count). The highest BCUT2D eigenvalue weighted by molar-refractivity contribution is 7.92. The number of halogens is 1. The second-order valence-electron chi connectivity index (χ2n) is 7.02. The fourth-order valence-corrected chi connectivity index (χ4v) is 4.27. The molecule has 1 N–H and O–H groups in total. The largest absolute Gasteiger partial charge is 0.347 e. The molecular formula is C21H27FN2O3S. The number of hydrogen-bond acceptors (Lipinski definition) is 3. The number of aryl methyl sites for hydroxylation is 2. The number of nitrogens with one attached hydrogen (secondary N) is 1. The van der Waals surface area contributed by atoms with Crippen LogP contribution >= 0.6 is 0 Å². The number of carbonyl (C=O) groups is 1. The second kappa shape index (κ2) is 8.73. The zero-order chi connectivity index (χ0) is 21.1. The Morgan fingerprint density at radius 1 is 1.11 bits per heavy atom. The topological polar surface area (TPSA) is 66.5 Å². The summed E-state index contributed by atoms with van der Waals surface area (Å²) >= 11 is 0. The van der Waals surface area contributed by atoms with E-state index in [0.29, 0.717) is 6.42 Å². The van der Waals surface area contributed by atoms with Gasteiger partial charge >= 0.3 is 0 Å². The van der Waals surface area contributed by atoms with Gasteiger partial charge in [-0.05, 0) is 68.1 Å². The van der Waals surface area contributed by atoms with Gasteiger partial charge in [0.25, 0.3) is 0 Å². The maximum atomic E-state index is 13.2.